The molecular formula is C37H46N6O7S. The van der Waals surface area contributed by atoms with Crippen molar-refractivity contribution in [3.8, 4) is 0 Å². The Morgan fingerprint density at radius 1 is 0.902 bits per heavy atom. The van der Waals surface area contributed by atoms with Crippen molar-refractivity contribution in [1.29, 1.82) is 0 Å². The highest BCUT2D eigenvalue weighted by Gasteiger charge is 2.31. The summed E-state index contributed by atoms with van der Waals surface area (Å²) in [6.07, 6.45) is 3.28. The molecule has 1 saturated heterocycles. The van der Waals surface area contributed by atoms with Gasteiger partial charge in [-0.3, -0.25) is 4.79 Å². The third-order valence-electron chi connectivity index (χ3n) is 8.58. The summed E-state index contributed by atoms with van der Waals surface area (Å²) in [5.74, 6) is -0.367. The molecule has 4 N–H and O–H groups in total. The van der Waals surface area contributed by atoms with E-state index in [9.17, 15) is 19.5 Å². The average molecular weight is 719 g/mol. The van der Waals surface area contributed by atoms with Crippen LogP contribution in [0, 0.1) is 5.92 Å². The summed E-state index contributed by atoms with van der Waals surface area (Å²) in [4.78, 5) is 50.2. The number of carbonyl (C=O) groups is 3. The maximum Gasteiger partial charge on any atom is 0.408 e. The molecule has 0 bridgehead atoms. The second kappa shape index (κ2) is 18.9. The Hall–Kier alpha value is -4.95. The molecule has 51 heavy (non-hydrogen) atoms. The van der Waals surface area contributed by atoms with Crippen LogP contribution in [0.2, 0.25) is 0 Å². The second-order valence-electron chi connectivity index (χ2n) is 12.9. The van der Waals surface area contributed by atoms with E-state index in [-0.39, 0.29) is 25.6 Å². The van der Waals surface area contributed by atoms with Crippen LogP contribution in [0.15, 0.2) is 83.1 Å². The molecule has 1 fully saturated rings. The van der Waals surface area contributed by atoms with E-state index in [0.717, 1.165) is 42.2 Å². The zero-order chi connectivity index (χ0) is 36.0. The molecule has 0 saturated carbocycles. The molecule has 272 valence electrons. The van der Waals surface area contributed by atoms with Gasteiger partial charge >= 0.3 is 12.2 Å². The predicted molar refractivity (Wildman–Crippen MR) is 192 cm³/mol. The Morgan fingerprint density at radius 2 is 1.55 bits per heavy atom. The number of carbonyl (C=O) groups excluding carboxylic acids is 3. The van der Waals surface area contributed by atoms with E-state index in [0.29, 0.717) is 24.3 Å². The second-order valence-corrected chi connectivity index (χ2v) is 13.8. The van der Waals surface area contributed by atoms with Gasteiger partial charge in [0, 0.05) is 24.5 Å². The van der Waals surface area contributed by atoms with Crippen LogP contribution in [0.1, 0.15) is 55.7 Å². The lowest BCUT2D eigenvalue weighted by atomic mass is 9.93. The van der Waals surface area contributed by atoms with Crippen molar-refractivity contribution in [3.05, 3.63) is 101 Å². The minimum Gasteiger partial charge on any atom is -0.445 e. The number of rotatable bonds is 17. The summed E-state index contributed by atoms with van der Waals surface area (Å²) in [5.41, 5.74) is 2.49. The van der Waals surface area contributed by atoms with Gasteiger partial charge in [0.05, 0.1) is 24.0 Å². The molecule has 2 aromatic heterocycles. The molecule has 0 spiro atoms. The summed E-state index contributed by atoms with van der Waals surface area (Å²) >= 11 is 1.52. The molecule has 3 amide bonds. The molecule has 0 aliphatic carbocycles. The van der Waals surface area contributed by atoms with E-state index >= 15 is 0 Å². The van der Waals surface area contributed by atoms with E-state index in [1.165, 1.54) is 23.9 Å². The average Bonchev–Trinajstić information content (AvgIpc) is 3.93. The smallest absolute Gasteiger partial charge is 0.408 e. The first-order chi connectivity index (χ1) is 24.7. The largest absolute Gasteiger partial charge is 0.445 e. The minimum absolute atomic E-state index is 0.0193. The van der Waals surface area contributed by atoms with Gasteiger partial charge in [-0.1, -0.05) is 74.5 Å². The van der Waals surface area contributed by atoms with Gasteiger partial charge in [-0.25, -0.2) is 19.6 Å². The Balaban J connectivity index is 1.23. The molecule has 13 nitrogen and oxygen atoms in total. The topological polar surface area (TPSA) is 168 Å². The normalized spacial score (nSPS) is 15.1. The lowest BCUT2D eigenvalue weighted by molar-refractivity contribution is -0.125. The zero-order valence-electron chi connectivity index (χ0n) is 28.9. The molecule has 4 aromatic rings. The first-order valence-electron chi connectivity index (χ1n) is 17.2. The number of hydrogen-bond donors (Lipinski definition) is 4. The lowest BCUT2D eigenvalue weighted by Crippen LogP contribution is -2.56. The highest BCUT2D eigenvalue weighted by Crippen LogP contribution is 2.24. The van der Waals surface area contributed by atoms with Crippen LogP contribution in [0.4, 0.5) is 14.7 Å². The van der Waals surface area contributed by atoms with Crippen LogP contribution < -0.4 is 20.9 Å². The first-order valence-corrected chi connectivity index (χ1v) is 18.1. The number of amides is 3. The molecule has 0 unspecified atom stereocenters. The zero-order valence-corrected chi connectivity index (χ0v) is 29.7. The Morgan fingerprint density at radius 3 is 2.20 bits per heavy atom. The van der Waals surface area contributed by atoms with Crippen LogP contribution >= 0.6 is 11.3 Å². The summed E-state index contributed by atoms with van der Waals surface area (Å²) in [6, 6.07) is 16.8. The SMILES string of the molecule is CC(C)[C@H](NC(=O)OCc1csc(N2CCCC2)n1)C(=O)N[C@@H](Cc1ccccc1)[C@@H](O)C[C@H](Cc1ccccc1)NC(=O)OCc1cnco1. The highest BCUT2D eigenvalue weighted by molar-refractivity contribution is 7.13. The van der Waals surface area contributed by atoms with Crippen molar-refractivity contribution in [1.82, 2.24) is 25.9 Å². The molecule has 14 heteroatoms. The van der Waals surface area contributed by atoms with E-state index in [2.05, 4.69) is 30.8 Å². The number of nitrogens with zero attached hydrogens (tertiary/aromatic N) is 3. The van der Waals surface area contributed by atoms with Crippen LogP contribution in [-0.2, 0) is 40.3 Å². The van der Waals surface area contributed by atoms with Crippen molar-refractivity contribution >= 4 is 34.6 Å². The van der Waals surface area contributed by atoms with Gasteiger partial charge in [-0.05, 0) is 49.1 Å². The van der Waals surface area contributed by atoms with E-state index in [1.807, 2.05) is 79.9 Å². The summed E-state index contributed by atoms with van der Waals surface area (Å²) in [6.45, 7) is 5.46. The van der Waals surface area contributed by atoms with Gasteiger partial charge < -0.3 is 39.8 Å². The fourth-order valence-electron chi connectivity index (χ4n) is 5.89. The summed E-state index contributed by atoms with van der Waals surface area (Å²) < 4.78 is 15.9. The third kappa shape index (κ3) is 11.8. The van der Waals surface area contributed by atoms with Crippen LogP contribution in [0.5, 0.6) is 0 Å². The van der Waals surface area contributed by atoms with Crippen molar-refractivity contribution in [2.75, 3.05) is 18.0 Å². The fraction of sp³-hybridized carbons (Fsp3) is 0.432. The third-order valence-corrected chi connectivity index (χ3v) is 9.53. The van der Waals surface area contributed by atoms with Gasteiger partial charge in [0.1, 0.15) is 12.6 Å². The van der Waals surface area contributed by atoms with Gasteiger partial charge in [0.2, 0.25) is 5.91 Å². The monoisotopic (exact) mass is 718 g/mol. The number of anilines is 1. The quantitative estimate of drug-likeness (QED) is 0.117. The number of aliphatic hydroxyl groups excluding tert-OH is 1. The van der Waals surface area contributed by atoms with Crippen molar-refractivity contribution < 1.29 is 33.4 Å². The number of aliphatic hydroxyl groups is 1. The van der Waals surface area contributed by atoms with Crippen molar-refractivity contribution in [2.45, 2.75) is 83.4 Å². The summed E-state index contributed by atoms with van der Waals surface area (Å²) in [7, 11) is 0. The van der Waals surface area contributed by atoms with Gasteiger partial charge in [0.15, 0.2) is 23.9 Å². The Bertz CT molecular complexity index is 1650. The molecule has 5 rings (SSSR count). The molecule has 1 aliphatic heterocycles. The van der Waals surface area contributed by atoms with E-state index in [4.69, 9.17) is 13.9 Å². The molecule has 4 atom stereocenters. The number of alkyl carbamates (subject to hydrolysis) is 2. The number of benzene rings is 2. The number of hydrogen-bond acceptors (Lipinski definition) is 11. The Kier molecular flexibility index (Phi) is 13.8. The van der Waals surface area contributed by atoms with Crippen LogP contribution in [-0.4, -0.2) is 70.5 Å². The van der Waals surface area contributed by atoms with E-state index in [1.54, 1.807) is 0 Å². The number of oxazole rings is 1. The van der Waals surface area contributed by atoms with Crippen LogP contribution in [0.3, 0.4) is 0 Å². The maximum absolute atomic E-state index is 13.8. The first kappa shape index (κ1) is 37.3. The fourth-order valence-corrected chi connectivity index (χ4v) is 6.75. The summed E-state index contributed by atoms with van der Waals surface area (Å²) in [5, 5.41) is 23.1. The molecule has 1 aliphatic rings. The Labute approximate surface area is 301 Å². The number of thiazole rings is 1. The number of nitrogens with one attached hydrogen (secondary N) is 3. The molecule has 3 heterocycles. The van der Waals surface area contributed by atoms with Crippen molar-refractivity contribution in [2.24, 2.45) is 5.92 Å². The number of ether oxygens (including phenoxy) is 2. The number of aromatic nitrogens is 2. The highest BCUT2D eigenvalue weighted by atomic mass is 32.1. The molecular weight excluding hydrogens is 673 g/mol. The molecule has 0 radical (unpaired) electrons. The van der Waals surface area contributed by atoms with Crippen molar-refractivity contribution in [3.63, 3.8) is 0 Å². The maximum atomic E-state index is 13.8. The van der Waals surface area contributed by atoms with E-state index < -0.39 is 42.3 Å². The van der Waals surface area contributed by atoms with Gasteiger partial charge in [0.25, 0.3) is 0 Å². The van der Waals surface area contributed by atoms with Gasteiger partial charge in [-0.15, -0.1) is 11.3 Å². The minimum atomic E-state index is -1.09. The lowest BCUT2D eigenvalue weighted by Gasteiger charge is -2.30. The standard InChI is InChI=1S/C37H46N6O7S/c1-25(2)33(42-37(47)48-21-29-23-51-35(39-29)43-15-9-10-16-43)34(45)41-31(18-27-13-7-4-8-14-27)32(44)19-28(17-26-11-5-3-6-12-26)40-36(46)49-22-30-20-38-24-50-30/h3-8,11-14,20,23-25,28,31-33,44H,9-10,15-19,21-22H2,1-2H3,(H,40,46)(H,41,45)(H,42,47)/t28-,31-,32-,33-/m0/s1. The van der Waals surface area contributed by atoms with Gasteiger partial charge in [-0.2, -0.15) is 0 Å². The van der Waals surface area contributed by atoms with Crippen LogP contribution in [0.25, 0.3) is 0 Å². The predicted octanol–water partition coefficient (Wildman–Crippen LogP) is 5.00. The molecule has 2 aromatic carbocycles.